The van der Waals surface area contributed by atoms with Crippen LogP contribution in [0.15, 0.2) is 91.5 Å². The molecule has 0 radical (unpaired) electrons. The topological polar surface area (TPSA) is 99.2 Å². The predicted octanol–water partition coefficient (Wildman–Crippen LogP) is 4.16. The second kappa shape index (κ2) is 12.2. The fourth-order valence-corrected chi connectivity index (χ4v) is 4.86. The number of carbonyl (C=O) groups excluding carboxylic acids is 4. The lowest BCUT2D eigenvalue weighted by molar-refractivity contribution is -0.169. The van der Waals surface area contributed by atoms with Gasteiger partial charge in [-0.1, -0.05) is 66.7 Å². The van der Waals surface area contributed by atoms with Crippen molar-refractivity contribution in [2.24, 2.45) is 5.92 Å². The highest BCUT2D eigenvalue weighted by molar-refractivity contribution is 6.15. The van der Waals surface area contributed by atoms with Crippen LogP contribution >= 0.6 is 0 Å². The number of carbonyl (C=O) groups is 4. The second-order valence-corrected chi connectivity index (χ2v) is 9.05. The molecule has 0 unspecified atom stereocenters. The van der Waals surface area contributed by atoms with E-state index in [9.17, 15) is 19.2 Å². The third-order valence-electron chi connectivity index (χ3n) is 6.73. The van der Waals surface area contributed by atoms with Gasteiger partial charge in [-0.3, -0.25) is 14.4 Å². The predicted molar refractivity (Wildman–Crippen MR) is 144 cm³/mol. The Bertz CT molecular complexity index is 1300. The summed E-state index contributed by atoms with van der Waals surface area (Å²) in [6, 6.07) is 22.8. The van der Waals surface area contributed by atoms with E-state index in [1.54, 1.807) is 66.7 Å². The highest BCUT2D eigenvalue weighted by Gasteiger charge is 2.61. The van der Waals surface area contributed by atoms with E-state index in [1.165, 1.54) is 18.1 Å². The zero-order valence-electron chi connectivity index (χ0n) is 21.6. The van der Waals surface area contributed by atoms with Crippen LogP contribution in [0.2, 0.25) is 0 Å². The Morgan fingerprint density at radius 2 is 1.49 bits per heavy atom. The summed E-state index contributed by atoms with van der Waals surface area (Å²) < 4.78 is 16.6. The Labute approximate surface area is 226 Å². The van der Waals surface area contributed by atoms with E-state index < -0.39 is 35.6 Å². The first-order chi connectivity index (χ1) is 19.0. The van der Waals surface area contributed by atoms with Gasteiger partial charge in [0.15, 0.2) is 5.92 Å². The number of nitrogens with zero attached hydrogens (tertiary/aromatic N) is 1. The number of benzene rings is 3. The maximum atomic E-state index is 14.1. The van der Waals surface area contributed by atoms with Crippen LogP contribution in [0.4, 0.5) is 5.69 Å². The molecule has 8 heteroatoms. The number of fused-ring (bicyclic) bond motifs is 1. The van der Waals surface area contributed by atoms with Gasteiger partial charge in [-0.2, -0.15) is 0 Å². The van der Waals surface area contributed by atoms with Gasteiger partial charge in [-0.05, 0) is 34.9 Å². The highest BCUT2D eigenvalue weighted by atomic mass is 16.6. The third kappa shape index (κ3) is 5.45. The number of hydrogen-bond acceptors (Lipinski definition) is 7. The fraction of sp³-hybridized carbons (Fsp3) is 0.226. The molecule has 39 heavy (non-hydrogen) atoms. The van der Waals surface area contributed by atoms with Crippen molar-refractivity contribution in [2.45, 2.75) is 25.0 Å². The Morgan fingerprint density at radius 3 is 1.97 bits per heavy atom. The van der Waals surface area contributed by atoms with Gasteiger partial charge in [0.05, 0.1) is 7.11 Å². The minimum absolute atomic E-state index is 0.101. The van der Waals surface area contributed by atoms with Gasteiger partial charge in [-0.25, -0.2) is 0 Å². The first kappa shape index (κ1) is 27.3. The molecule has 1 heterocycles. The average Bonchev–Trinajstić information content (AvgIpc) is 3.19. The van der Waals surface area contributed by atoms with Gasteiger partial charge >= 0.3 is 11.9 Å². The van der Waals surface area contributed by atoms with Gasteiger partial charge in [0, 0.05) is 18.7 Å². The quantitative estimate of drug-likeness (QED) is 0.151. The monoisotopic (exact) mass is 527 g/mol. The fourth-order valence-electron chi connectivity index (χ4n) is 4.86. The molecule has 0 bridgehead atoms. The Hall–Kier alpha value is -4.72. The summed E-state index contributed by atoms with van der Waals surface area (Å²) in [6.07, 6.45) is 1.60. The van der Waals surface area contributed by atoms with Crippen LogP contribution in [0.5, 0.6) is 5.75 Å². The number of esters is 2. The molecule has 200 valence electrons. The van der Waals surface area contributed by atoms with Crippen molar-refractivity contribution in [1.82, 2.24) is 0 Å². The summed E-state index contributed by atoms with van der Waals surface area (Å²) >= 11 is 0. The zero-order valence-corrected chi connectivity index (χ0v) is 21.6. The van der Waals surface area contributed by atoms with Gasteiger partial charge in [0.2, 0.25) is 5.91 Å². The number of anilines is 1. The molecule has 3 aromatic carbocycles. The van der Waals surface area contributed by atoms with Crippen molar-refractivity contribution in [1.29, 1.82) is 0 Å². The maximum Gasteiger partial charge on any atom is 0.322 e. The summed E-state index contributed by atoms with van der Waals surface area (Å²) in [6.45, 7) is 3.57. The van der Waals surface area contributed by atoms with E-state index >= 15 is 0 Å². The molecule has 8 nitrogen and oxygen atoms in total. The number of ether oxygens (including phenoxy) is 3. The van der Waals surface area contributed by atoms with Crippen molar-refractivity contribution in [2.75, 3.05) is 18.6 Å². The Balaban J connectivity index is 1.81. The normalized spacial score (nSPS) is 15.9. The van der Waals surface area contributed by atoms with Crippen molar-refractivity contribution in [3.63, 3.8) is 0 Å². The van der Waals surface area contributed by atoms with Crippen LogP contribution in [-0.4, -0.2) is 37.8 Å². The Kier molecular flexibility index (Phi) is 8.56. The number of rotatable bonds is 12. The van der Waals surface area contributed by atoms with Crippen LogP contribution in [0.25, 0.3) is 0 Å². The van der Waals surface area contributed by atoms with Crippen LogP contribution in [0.3, 0.4) is 0 Å². The van der Waals surface area contributed by atoms with E-state index in [4.69, 9.17) is 14.2 Å². The van der Waals surface area contributed by atoms with E-state index in [0.29, 0.717) is 34.4 Å². The molecule has 3 aromatic rings. The van der Waals surface area contributed by atoms with Gasteiger partial charge in [0.25, 0.3) is 0 Å². The standard InChI is InChI=1S/C31H29NO7/c1-3-17-32-26-15-14-24(37-2)19-25(26)31(16-18-33,30(32)36)27(28(34)38-20-22-10-6-4-7-11-22)29(35)39-21-23-12-8-5-9-13-23/h3-15,18-19,27H,1,16-17,20-21H2,2H3/t31-/m0/s1. The molecule has 0 saturated carbocycles. The molecule has 0 fully saturated rings. The maximum absolute atomic E-state index is 14.1. The molecule has 0 aliphatic carbocycles. The summed E-state index contributed by atoms with van der Waals surface area (Å²) in [4.78, 5) is 55.1. The summed E-state index contributed by atoms with van der Waals surface area (Å²) in [5.74, 6) is -3.91. The first-order valence-corrected chi connectivity index (χ1v) is 12.4. The molecule has 1 aliphatic rings. The van der Waals surface area contributed by atoms with E-state index in [2.05, 4.69) is 6.58 Å². The van der Waals surface area contributed by atoms with E-state index in [-0.39, 0.29) is 19.8 Å². The summed E-state index contributed by atoms with van der Waals surface area (Å²) in [5.41, 5.74) is 0.230. The number of amides is 1. The van der Waals surface area contributed by atoms with E-state index in [1.807, 2.05) is 12.1 Å². The second-order valence-electron chi connectivity index (χ2n) is 9.05. The molecule has 1 aliphatic heterocycles. The van der Waals surface area contributed by atoms with Crippen LogP contribution in [0.1, 0.15) is 23.1 Å². The van der Waals surface area contributed by atoms with Crippen LogP contribution in [0, 0.1) is 5.92 Å². The van der Waals surface area contributed by atoms with Crippen molar-refractivity contribution < 1.29 is 33.4 Å². The molecular weight excluding hydrogens is 498 g/mol. The van der Waals surface area contributed by atoms with Crippen molar-refractivity contribution in [3.05, 3.63) is 108 Å². The molecular formula is C31H29NO7. The summed E-state index contributed by atoms with van der Waals surface area (Å²) in [5, 5.41) is 0. The minimum atomic E-state index is -1.91. The first-order valence-electron chi connectivity index (χ1n) is 12.4. The lowest BCUT2D eigenvalue weighted by atomic mass is 9.68. The SMILES string of the molecule is C=CCN1C(=O)[C@](CC=O)(C(C(=O)OCc2ccccc2)C(=O)OCc2ccccc2)c2cc(OC)ccc21. The molecule has 0 N–H and O–H groups in total. The smallest absolute Gasteiger partial charge is 0.322 e. The van der Waals surface area contributed by atoms with Crippen molar-refractivity contribution >= 4 is 29.8 Å². The van der Waals surface area contributed by atoms with Gasteiger partial charge in [0.1, 0.15) is 30.7 Å². The number of methoxy groups -OCH3 is 1. The lowest BCUT2D eigenvalue weighted by Crippen LogP contribution is -2.52. The highest BCUT2D eigenvalue weighted by Crippen LogP contribution is 2.50. The van der Waals surface area contributed by atoms with Crippen LogP contribution in [-0.2, 0) is 47.3 Å². The summed E-state index contributed by atoms with van der Waals surface area (Å²) in [7, 11) is 1.46. The number of aldehydes is 1. The molecule has 4 rings (SSSR count). The van der Waals surface area contributed by atoms with Gasteiger partial charge in [-0.15, -0.1) is 6.58 Å². The largest absolute Gasteiger partial charge is 0.497 e. The Morgan fingerprint density at radius 1 is 0.923 bits per heavy atom. The molecule has 0 saturated heterocycles. The average molecular weight is 528 g/mol. The van der Waals surface area contributed by atoms with Gasteiger partial charge < -0.3 is 23.9 Å². The molecule has 1 amide bonds. The third-order valence-corrected chi connectivity index (χ3v) is 6.73. The van der Waals surface area contributed by atoms with E-state index in [0.717, 1.165) is 0 Å². The van der Waals surface area contributed by atoms with Crippen molar-refractivity contribution in [3.8, 4) is 5.75 Å². The zero-order chi connectivity index (χ0) is 27.8. The molecule has 0 spiro atoms. The molecule has 1 atom stereocenters. The lowest BCUT2D eigenvalue weighted by Gasteiger charge is -2.32. The van der Waals surface area contributed by atoms with Crippen LogP contribution < -0.4 is 9.64 Å². The molecule has 0 aromatic heterocycles. The minimum Gasteiger partial charge on any atom is -0.497 e. The number of hydrogen-bond donors (Lipinski definition) is 0.